The van der Waals surface area contributed by atoms with Gasteiger partial charge in [0, 0.05) is 19.4 Å². The molecule has 0 saturated carbocycles. The second-order valence-corrected chi connectivity index (χ2v) is 3.33. The number of rotatable bonds is 4. The summed E-state index contributed by atoms with van der Waals surface area (Å²) < 4.78 is 1.86. The van der Waals surface area contributed by atoms with Gasteiger partial charge in [-0.1, -0.05) is 0 Å². The van der Waals surface area contributed by atoms with E-state index in [0.717, 1.165) is 18.2 Å². The number of nitrogens with zero attached hydrogens (tertiary/aromatic N) is 5. The van der Waals surface area contributed by atoms with Gasteiger partial charge in [-0.15, -0.1) is 0 Å². The Balaban J connectivity index is 2.00. The van der Waals surface area contributed by atoms with Gasteiger partial charge in [-0.25, -0.2) is 15.0 Å². The molecule has 0 fully saturated rings. The van der Waals surface area contributed by atoms with Crippen molar-refractivity contribution in [2.75, 3.05) is 5.32 Å². The van der Waals surface area contributed by atoms with E-state index in [-0.39, 0.29) is 5.69 Å². The van der Waals surface area contributed by atoms with E-state index in [9.17, 15) is 10.1 Å². The molecule has 2 aromatic heterocycles. The molecule has 2 aromatic rings. The molecule has 1 N–H and O–H groups in total. The van der Waals surface area contributed by atoms with Crippen molar-refractivity contribution in [1.82, 2.24) is 19.5 Å². The van der Waals surface area contributed by atoms with Gasteiger partial charge in [-0.05, 0) is 0 Å². The Labute approximate surface area is 96.5 Å². The molecule has 0 aliphatic rings. The van der Waals surface area contributed by atoms with Crippen LogP contribution in [0.5, 0.6) is 0 Å². The molecule has 0 saturated heterocycles. The highest BCUT2D eigenvalue weighted by atomic mass is 16.6. The largest absolute Gasteiger partial charge is 0.347 e. The number of hydrogen-bond acceptors (Lipinski definition) is 6. The molecule has 0 aliphatic carbocycles. The summed E-state index contributed by atoms with van der Waals surface area (Å²) >= 11 is 0. The van der Waals surface area contributed by atoms with Crippen LogP contribution in [0.3, 0.4) is 0 Å². The first-order valence-corrected chi connectivity index (χ1v) is 4.83. The summed E-state index contributed by atoms with van der Waals surface area (Å²) in [4.78, 5) is 21.6. The molecule has 0 spiro atoms. The summed E-state index contributed by atoms with van der Waals surface area (Å²) in [5, 5.41) is 13.3. The summed E-state index contributed by atoms with van der Waals surface area (Å²) in [6, 6.07) is 0. The molecule has 0 unspecified atom stereocenters. The van der Waals surface area contributed by atoms with E-state index in [0.29, 0.717) is 12.5 Å². The van der Waals surface area contributed by atoms with Gasteiger partial charge in [0.2, 0.25) is 5.95 Å². The maximum Gasteiger partial charge on any atom is 0.305 e. The van der Waals surface area contributed by atoms with Crippen LogP contribution in [0.4, 0.5) is 11.6 Å². The molecule has 8 heteroatoms. The molecule has 2 rings (SSSR count). The third-order valence-electron chi connectivity index (χ3n) is 2.17. The normalized spacial score (nSPS) is 10.2. The summed E-state index contributed by atoms with van der Waals surface area (Å²) in [7, 11) is 1.88. The maximum absolute atomic E-state index is 10.4. The van der Waals surface area contributed by atoms with Gasteiger partial charge in [-0.3, -0.25) is 10.1 Å². The van der Waals surface area contributed by atoms with E-state index in [4.69, 9.17) is 0 Å². The topological polar surface area (TPSA) is 98.8 Å². The van der Waals surface area contributed by atoms with Crippen molar-refractivity contribution in [1.29, 1.82) is 0 Å². The van der Waals surface area contributed by atoms with E-state index >= 15 is 0 Å². The number of nitrogens with one attached hydrogen (secondary N) is 1. The molecule has 17 heavy (non-hydrogen) atoms. The molecule has 2 heterocycles. The van der Waals surface area contributed by atoms with Gasteiger partial charge >= 0.3 is 5.69 Å². The fraction of sp³-hybridized carbons (Fsp3) is 0.222. The van der Waals surface area contributed by atoms with E-state index in [1.807, 2.05) is 17.8 Å². The molecular formula is C9H10N6O2. The highest BCUT2D eigenvalue weighted by Gasteiger charge is 2.06. The van der Waals surface area contributed by atoms with Crippen molar-refractivity contribution < 1.29 is 4.92 Å². The lowest BCUT2D eigenvalue weighted by atomic mass is 10.5. The Morgan fingerprint density at radius 2 is 2.12 bits per heavy atom. The Morgan fingerprint density at radius 1 is 1.41 bits per heavy atom. The van der Waals surface area contributed by atoms with Gasteiger partial charge in [0.05, 0.1) is 11.5 Å². The summed E-state index contributed by atoms with van der Waals surface area (Å²) in [6.45, 7) is 0.460. The van der Waals surface area contributed by atoms with Crippen LogP contribution in [0.2, 0.25) is 0 Å². The molecule has 0 aromatic carbocycles. The van der Waals surface area contributed by atoms with Gasteiger partial charge in [0.15, 0.2) is 0 Å². The molecule has 0 bridgehead atoms. The monoisotopic (exact) mass is 234 g/mol. The summed E-state index contributed by atoms with van der Waals surface area (Å²) in [6.07, 6.45) is 5.84. The number of nitro groups is 1. The Hall–Kier alpha value is -2.51. The fourth-order valence-electron chi connectivity index (χ4n) is 1.23. The van der Waals surface area contributed by atoms with Gasteiger partial charge in [0.1, 0.15) is 18.2 Å². The van der Waals surface area contributed by atoms with Crippen molar-refractivity contribution in [3.8, 4) is 0 Å². The van der Waals surface area contributed by atoms with Crippen LogP contribution in [0, 0.1) is 10.1 Å². The van der Waals surface area contributed by atoms with Crippen LogP contribution in [-0.4, -0.2) is 24.4 Å². The molecule has 8 nitrogen and oxygen atoms in total. The molecule has 0 amide bonds. The predicted molar refractivity (Wildman–Crippen MR) is 59.2 cm³/mol. The zero-order chi connectivity index (χ0) is 12.3. The van der Waals surface area contributed by atoms with E-state index in [1.165, 1.54) is 0 Å². The average molecular weight is 234 g/mol. The Kier molecular flexibility index (Phi) is 2.95. The van der Waals surface area contributed by atoms with E-state index < -0.39 is 4.92 Å². The van der Waals surface area contributed by atoms with Crippen molar-refractivity contribution in [3.05, 3.63) is 40.7 Å². The zero-order valence-corrected chi connectivity index (χ0v) is 9.07. The number of imidazole rings is 1. The highest BCUT2D eigenvalue weighted by molar-refractivity contribution is 5.30. The number of anilines is 1. The van der Waals surface area contributed by atoms with Gasteiger partial charge in [-0.2, -0.15) is 0 Å². The molecule has 0 aliphatic heterocycles. The summed E-state index contributed by atoms with van der Waals surface area (Å²) in [5.74, 6) is 1.16. The van der Waals surface area contributed by atoms with Crippen LogP contribution in [0.25, 0.3) is 0 Å². The average Bonchev–Trinajstić information content (AvgIpc) is 2.73. The maximum atomic E-state index is 10.4. The predicted octanol–water partition coefficient (Wildman–Crippen LogP) is 0.730. The minimum Gasteiger partial charge on any atom is -0.347 e. The Bertz CT molecular complexity index is 521. The number of aromatic nitrogens is 4. The van der Waals surface area contributed by atoms with Crippen LogP contribution in [-0.2, 0) is 13.6 Å². The summed E-state index contributed by atoms with van der Waals surface area (Å²) in [5.41, 5.74) is -0.132. The standard InChI is InChI=1S/C9H10N6O2/c1-14-3-2-10-8(14)6-13-9-11-4-7(5-12-9)15(16)17/h2-5H,6H2,1H3,(H,11,12,13). The lowest BCUT2D eigenvalue weighted by Crippen LogP contribution is -2.08. The van der Waals surface area contributed by atoms with Crippen LogP contribution in [0.1, 0.15) is 5.82 Å². The second kappa shape index (κ2) is 4.56. The third-order valence-corrected chi connectivity index (χ3v) is 2.17. The third kappa shape index (κ3) is 2.54. The van der Waals surface area contributed by atoms with E-state index in [2.05, 4.69) is 20.3 Å². The Morgan fingerprint density at radius 3 is 2.65 bits per heavy atom. The smallest absolute Gasteiger partial charge is 0.305 e. The minimum atomic E-state index is -0.539. The number of hydrogen-bond donors (Lipinski definition) is 1. The first kappa shape index (κ1) is 11.0. The van der Waals surface area contributed by atoms with Crippen LogP contribution >= 0.6 is 0 Å². The zero-order valence-electron chi connectivity index (χ0n) is 9.07. The quantitative estimate of drug-likeness (QED) is 0.618. The molecule has 0 atom stereocenters. The fourth-order valence-corrected chi connectivity index (χ4v) is 1.23. The van der Waals surface area contributed by atoms with Gasteiger partial charge < -0.3 is 9.88 Å². The number of aryl methyl sites for hydroxylation is 1. The molecule has 0 radical (unpaired) electrons. The van der Waals surface area contributed by atoms with Crippen molar-refractivity contribution in [2.45, 2.75) is 6.54 Å². The lowest BCUT2D eigenvalue weighted by Gasteiger charge is -2.03. The first-order chi connectivity index (χ1) is 8.16. The van der Waals surface area contributed by atoms with Crippen molar-refractivity contribution >= 4 is 11.6 Å². The molecule has 88 valence electrons. The van der Waals surface area contributed by atoms with Crippen molar-refractivity contribution in [3.63, 3.8) is 0 Å². The molecular weight excluding hydrogens is 224 g/mol. The highest BCUT2D eigenvalue weighted by Crippen LogP contribution is 2.08. The van der Waals surface area contributed by atoms with Gasteiger partial charge in [0.25, 0.3) is 0 Å². The lowest BCUT2D eigenvalue weighted by molar-refractivity contribution is -0.385. The first-order valence-electron chi connectivity index (χ1n) is 4.83. The van der Waals surface area contributed by atoms with Crippen LogP contribution < -0.4 is 5.32 Å². The SMILES string of the molecule is Cn1ccnc1CNc1ncc([N+](=O)[O-])cn1. The van der Waals surface area contributed by atoms with Crippen molar-refractivity contribution in [2.24, 2.45) is 7.05 Å². The minimum absolute atomic E-state index is 0.132. The van der Waals surface area contributed by atoms with E-state index in [1.54, 1.807) is 6.20 Å². The van der Waals surface area contributed by atoms with Crippen LogP contribution in [0.15, 0.2) is 24.8 Å². The second-order valence-electron chi connectivity index (χ2n) is 3.33.